The van der Waals surface area contributed by atoms with Crippen LogP contribution in [0.4, 0.5) is 0 Å². The largest absolute Gasteiger partial charge is 0.497 e. The second kappa shape index (κ2) is 31.7. The third-order valence-electron chi connectivity index (χ3n) is 12.6. The molecule has 0 bridgehead atoms. The van der Waals surface area contributed by atoms with Gasteiger partial charge in [-0.25, -0.2) is 11.2 Å². The van der Waals surface area contributed by atoms with E-state index in [1.54, 1.807) is 21.3 Å². The summed E-state index contributed by atoms with van der Waals surface area (Å²) in [5.41, 5.74) is 2.20. The monoisotopic (exact) mass is 973 g/mol. The lowest BCUT2D eigenvalue weighted by atomic mass is 9.80. The maximum Gasteiger partial charge on any atom is 0.259 e. The van der Waals surface area contributed by atoms with Gasteiger partial charge in [0.2, 0.25) is 18.4 Å². The Hall–Kier alpha value is -4.41. The number of nitrogens with one attached hydrogen (secondary N) is 1. The van der Waals surface area contributed by atoms with Gasteiger partial charge in [-0.3, -0.25) is 14.4 Å². The highest BCUT2D eigenvalue weighted by Crippen LogP contribution is 2.48. The van der Waals surface area contributed by atoms with Crippen LogP contribution in [0.2, 0.25) is 0 Å². The van der Waals surface area contributed by atoms with Crippen molar-refractivity contribution in [1.29, 1.82) is 0 Å². The Labute approximate surface area is 415 Å². The summed E-state index contributed by atoms with van der Waals surface area (Å²) in [5.74, 6) is 1.91. The minimum Gasteiger partial charge on any atom is -0.497 e. The van der Waals surface area contributed by atoms with Gasteiger partial charge in [0.15, 0.2) is 0 Å². The molecule has 1 unspecified atom stereocenters. The van der Waals surface area contributed by atoms with Crippen molar-refractivity contribution in [2.45, 2.75) is 154 Å². The molecule has 1 fully saturated rings. The van der Waals surface area contributed by atoms with Gasteiger partial charge in [0.1, 0.15) is 29.5 Å². The Balaban J connectivity index is 1.31. The fourth-order valence-corrected chi connectivity index (χ4v) is 10.7. The van der Waals surface area contributed by atoms with Crippen LogP contribution in [0.3, 0.4) is 0 Å². The molecule has 0 aliphatic carbocycles. The number of benzene rings is 3. The Kier molecular flexibility index (Phi) is 26.3. The predicted octanol–water partition coefficient (Wildman–Crippen LogP) is 11.1. The second-order valence-electron chi connectivity index (χ2n) is 18.4. The van der Waals surface area contributed by atoms with Crippen LogP contribution < -0.4 is 14.8 Å². The van der Waals surface area contributed by atoms with Crippen LogP contribution in [-0.4, -0.2) is 112 Å². The number of amides is 2. The van der Waals surface area contributed by atoms with Gasteiger partial charge < -0.3 is 43.1 Å². The fourth-order valence-electron chi connectivity index (χ4n) is 8.96. The van der Waals surface area contributed by atoms with Crippen LogP contribution in [0.5, 0.6) is 11.5 Å². The number of unbranched alkanes of at least 4 members (excludes halogenated alkanes) is 7. The first kappa shape index (κ1) is 57.2. The van der Waals surface area contributed by atoms with E-state index >= 15 is 0 Å². The summed E-state index contributed by atoms with van der Waals surface area (Å²) in [7, 11) is 3.52. The molecule has 0 saturated carbocycles. The van der Waals surface area contributed by atoms with Gasteiger partial charge in [0.05, 0.1) is 33.0 Å². The van der Waals surface area contributed by atoms with E-state index in [4.69, 9.17) is 34.6 Å². The van der Waals surface area contributed by atoms with E-state index in [1.807, 2.05) is 47.4 Å². The number of carbonyl (C=O) groups is 3. The molecule has 1 aliphatic heterocycles. The molecule has 14 heteroatoms. The summed E-state index contributed by atoms with van der Waals surface area (Å²) in [6.07, 6.45) is 10.9. The van der Waals surface area contributed by atoms with Crippen LogP contribution in [0.25, 0.3) is 4.85 Å². The van der Waals surface area contributed by atoms with E-state index in [0.717, 1.165) is 92.4 Å². The highest BCUT2D eigenvalue weighted by Gasteiger charge is 2.40. The molecule has 3 atom stereocenters. The number of rotatable bonds is 35. The molecule has 69 heavy (non-hydrogen) atoms. The van der Waals surface area contributed by atoms with E-state index in [1.165, 1.54) is 0 Å². The van der Waals surface area contributed by atoms with Crippen molar-refractivity contribution in [1.82, 2.24) is 14.9 Å². The predicted molar refractivity (Wildman–Crippen MR) is 274 cm³/mol. The number of methoxy groups -OCH3 is 2. The minimum absolute atomic E-state index is 0.00754. The van der Waals surface area contributed by atoms with Gasteiger partial charge in [0, 0.05) is 64.6 Å². The van der Waals surface area contributed by atoms with Gasteiger partial charge in [0.25, 0.3) is 8.53 Å². The summed E-state index contributed by atoms with van der Waals surface area (Å²) < 4.78 is 39.6. The third kappa shape index (κ3) is 18.7. The summed E-state index contributed by atoms with van der Waals surface area (Å²) in [4.78, 5) is 43.1. The number of ether oxygens (including phenoxy) is 4. The molecule has 13 nitrogen and oxygen atoms in total. The minimum atomic E-state index is -1.45. The summed E-state index contributed by atoms with van der Waals surface area (Å²) >= 11 is 0. The highest BCUT2D eigenvalue weighted by molar-refractivity contribution is 7.44. The summed E-state index contributed by atoms with van der Waals surface area (Å²) in [5, 5.41) is 2.62. The number of likely N-dealkylation sites (tertiary alicyclic amines) is 1. The number of nitrogens with zero attached hydrogens (tertiary/aromatic N) is 3. The van der Waals surface area contributed by atoms with Gasteiger partial charge in [-0.05, 0) is 114 Å². The Morgan fingerprint density at radius 1 is 0.725 bits per heavy atom. The van der Waals surface area contributed by atoms with E-state index in [2.05, 4.69) is 78.9 Å². The van der Waals surface area contributed by atoms with Crippen molar-refractivity contribution in [2.24, 2.45) is 0 Å². The lowest BCUT2D eigenvalue weighted by Crippen LogP contribution is -2.38. The molecule has 0 spiro atoms. The Bertz CT molecular complexity index is 1910. The standard InChI is InChI=1S/C55H81N4O9P/c1-43(2)59(44(3)4)69(67-39-36-56-5)68-52-40-48(58(41-52)54(62)27-17-10-9-16-24-49(60)25-18-19-26-53(61)57-6)42-65-37-20-11-12-21-38-66-55(45-22-14-13-15-23-45,46-28-32-50(63-7)33-29-46)47-30-34-51(64-8)35-31-47/h13-15,22-23,28-35,43-44,48,52H,9-12,16-21,24-27,36-42H2,1-4,6-8H3,(H,57,61)/t48-,52+,69?/m0/s1. The summed E-state index contributed by atoms with van der Waals surface area (Å²) in [6, 6.07) is 26.8. The van der Waals surface area contributed by atoms with Gasteiger partial charge in [-0.2, -0.15) is 0 Å². The molecule has 3 aromatic rings. The van der Waals surface area contributed by atoms with Crippen molar-refractivity contribution in [2.75, 3.05) is 60.8 Å². The Morgan fingerprint density at radius 2 is 1.26 bits per heavy atom. The van der Waals surface area contributed by atoms with Crippen molar-refractivity contribution in [3.63, 3.8) is 0 Å². The number of Topliss-reactive ketones (excluding diaryl/α,β-unsaturated/α-hetero) is 1. The van der Waals surface area contributed by atoms with Crippen LogP contribution in [-0.2, 0) is 38.5 Å². The smallest absolute Gasteiger partial charge is 0.259 e. The lowest BCUT2D eigenvalue weighted by molar-refractivity contribution is -0.133. The Morgan fingerprint density at radius 3 is 1.83 bits per heavy atom. The SMILES string of the molecule is [C-]#[N+]CCOP(O[C@@H]1C[C@@H](COCCCCCCOC(c2ccccc2)(c2ccc(OC)cc2)c2ccc(OC)cc2)N(C(=O)CCCCCCC(=O)CCCCC(=O)NC)C1)N(C(C)C)C(C)C. The van der Waals surface area contributed by atoms with Gasteiger partial charge in [-0.1, -0.05) is 80.3 Å². The van der Waals surface area contributed by atoms with Crippen molar-refractivity contribution >= 4 is 26.1 Å². The molecule has 4 rings (SSSR count). The van der Waals surface area contributed by atoms with Gasteiger partial charge >= 0.3 is 0 Å². The molecule has 0 aromatic heterocycles. The van der Waals surface area contributed by atoms with Crippen LogP contribution in [0.1, 0.15) is 141 Å². The average molecular weight is 973 g/mol. The third-order valence-corrected chi connectivity index (χ3v) is 14.7. The zero-order valence-corrected chi connectivity index (χ0v) is 43.5. The number of carbonyl (C=O) groups excluding carboxylic acids is 3. The van der Waals surface area contributed by atoms with Crippen molar-refractivity contribution < 1.29 is 42.4 Å². The van der Waals surface area contributed by atoms with E-state index in [-0.39, 0.29) is 48.4 Å². The molecule has 1 aliphatic rings. The average Bonchev–Trinajstić information content (AvgIpc) is 3.76. The number of hydrogen-bond donors (Lipinski definition) is 1. The fraction of sp³-hybridized carbons (Fsp3) is 0.600. The van der Waals surface area contributed by atoms with E-state index in [0.29, 0.717) is 65.1 Å². The molecule has 380 valence electrons. The molecule has 1 heterocycles. The molecule has 1 saturated heterocycles. The first-order chi connectivity index (χ1) is 33.5. The zero-order valence-electron chi connectivity index (χ0n) is 42.6. The van der Waals surface area contributed by atoms with Crippen LogP contribution in [0.15, 0.2) is 78.9 Å². The van der Waals surface area contributed by atoms with Crippen molar-refractivity contribution in [3.05, 3.63) is 107 Å². The first-order valence-electron chi connectivity index (χ1n) is 25.3. The van der Waals surface area contributed by atoms with Crippen molar-refractivity contribution in [3.8, 4) is 11.5 Å². The number of hydrogen-bond acceptors (Lipinski definition) is 10. The molecular weight excluding hydrogens is 892 g/mol. The molecule has 1 N–H and O–H groups in total. The maximum absolute atomic E-state index is 13.9. The second-order valence-corrected chi connectivity index (χ2v) is 19.8. The van der Waals surface area contributed by atoms with Crippen LogP contribution in [0, 0.1) is 6.57 Å². The van der Waals surface area contributed by atoms with Crippen LogP contribution >= 0.6 is 8.53 Å². The highest BCUT2D eigenvalue weighted by atomic mass is 31.2. The zero-order chi connectivity index (χ0) is 49.9. The normalized spacial score (nSPS) is 15.4. The first-order valence-corrected chi connectivity index (χ1v) is 26.4. The molecule has 0 radical (unpaired) electrons. The molecule has 3 aromatic carbocycles. The molecule has 2 amide bonds. The van der Waals surface area contributed by atoms with E-state index in [9.17, 15) is 14.4 Å². The number of ketones is 1. The quantitative estimate of drug-likeness (QED) is 0.0263. The molecular formula is C55H81N4O9P. The topological polar surface area (TPSA) is 129 Å². The maximum atomic E-state index is 13.9. The van der Waals surface area contributed by atoms with Gasteiger partial charge in [-0.15, -0.1) is 0 Å². The van der Waals surface area contributed by atoms with E-state index < -0.39 is 14.1 Å². The summed E-state index contributed by atoms with van der Waals surface area (Å²) in [6.45, 7) is 18.4. The lowest BCUT2D eigenvalue weighted by Gasteiger charge is -2.36.